The third-order valence-electron chi connectivity index (χ3n) is 3.66. The number of carboxylic acid groups (broad SMARTS) is 2. The average Bonchev–Trinajstić information content (AvgIpc) is 2.91. The number of rotatable bonds is 5. The van der Waals surface area contributed by atoms with Gasteiger partial charge in [-0.05, 0) is 37.1 Å². The van der Waals surface area contributed by atoms with Crippen molar-refractivity contribution in [3.8, 4) is 5.75 Å². The number of hydrogen-bond acceptors (Lipinski definition) is 4. The Morgan fingerprint density at radius 2 is 1.88 bits per heavy atom. The molecule has 1 heterocycles. The molecular formula is C18H18O6. The van der Waals surface area contributed by atoms with Crippen LogP contribution in [0.4, 0.5) is 0 Å². The van der Waals surface area contributed by atoms with Gasteiger partial charge in [0.25, 0.3) is 0 Å². The number of carbonyl (C=O) groups is 2. The predicted molar refractivity (Wildman–Crippen MR) is 86.3 cm³/mol. The third-order valence-corrected chi connectivity index (χ3v) is 3.66. The maximum absolute atomic E-state index is 11.8. The van der Waals surface area contributed by atoms with Gasteiger partial charge in [-0.3, -0.25) is 4.79 Å². The zero-order chi connectivity index (χ0) is 17.7. The van der Waals surface area contributed by atoms with E-state index in [0.29, 0.717) is 16.9 Å². The van der Waals surface area contributed by atoms with Crippen LogP contribution >= 0.6 is 0 Å². The number of carboxylic acids is 2. The highest BCUT2D eigenvalue weighted by Crippen LogP contribution is 2.44. The van der Waals surface area contributed by atoms with Crippen LogP contribution in [-0.4, -0.2) is 27.3 Å². The smallest absolute Gasteiger partial charge is 0.327 e. The molecule has 0 amide bonds. The van der Waals surface area contributed by atoms with Crippen LogP contribution in [0.15, 0.2) is 59.9 Å². The fraction of sp³-hybridized carbons (Fsp3) is 0.222. The number of phenolic OH excluding ortho intramolecular Hbond substituents is 1. The molecule has 0 spiro atoms. The van der Waals surface area contributed by atoms with Crippen molar-refractivity contribution in [2.45, 2.75) is 19.4 Å². The normalized spacial score (nSPS) is 23.7. The molecule has 1 aliphatic rings. The summed E-state index contributed by atoms with van der Waals surface area (Å²) in [6.45, 7) is 1.74. The second-order valence-electron chi connectivity index (χ2n) is 5.23. The average molecular weight is 330 g/mol. The van der Waals surface area contributed by atoms with E-state index in [9.17, 15) is 19.8 Å². The van der Waals surface area contributed by atoms with Gasteiger partial charge in [0.15, 0.2) is 0 Å². The lowest BCUT2D eigenvalue weighted by Crippen LogP contribution is -2.19. The SMILES string of the molecule is C/C=C1/O[C@@H](c2ccc(O)cc2)[C@H](C(=O)O)/C1=C/C/C=C/C(=O)O. The Morgan fingerprint density at radius 3 is 2.42 bits per heavy atom. The van der Waals surface area contributed by atoms with E-state index in [0.717, 1.165) is 6.08 Å². The minimum absolute atomic E-state index is 0.0875. The molecule has 6 heteroatoms. The zero-order valence-corrected chi connectivity index (χ0v) is 13.0. The minimum atomic E-state index is -1.06. The summed E-state index contributed by atoms with van der Waals surface area (Å²) < 4.78 is 5.79. The lowest BCUT2D eigenvalue weighted by atomic mass is 9.90. The van der Waals surface area contributed by atoms with Crippen LogP contribution in [0.25, 0.3) is 0 Å². The maximum atomic E-state index is 11.8. The molecule has 2 atom stereocenters. The Kier molecular flexibility index (Phi) is 5.42. The highest BCUT2D eigenvalue weighted by atomic mass is 16.5. The molecule has 1 fully saturated rings. The Hall–Kier alpha value is -3.02. The van der Waals surface area contributed by atoms with Gasteiger partial charge in [0.2, 0.25) is 0 Å². The van der Waals surface area contributed by atoms with Crippen molar-refractivity contribution in [1.82, 2.24) is 0 Å². The number of ether oxygens (including phenoxy) is 1. The summed E-state index contributed by atoms with van der Waals surface area (Å²) in [7, 11) is 0. The Bertz CT molecular complexity index is 712. The van der Waals surface area contributed by atoms with Gasteiger partial charge in [0, 0.05) is 11.6 Å². The van der Waals surface area contributed by atoms with E-state index in [-0.39, 0.29) is 12.2 Å². The maximum Gasteiger partial charge on any atom is 0.327 e. The van der Waals surface area contributed by atoms with Crippen LogP contribution in [0.5, 0.6) is 5.75 Å². The number of aromatic hydroxyl groups is 1. The molecule has 0 radical (unpaired) electrons. The molecule has 126 valence electrons. The van der Waals surface area contributed by atoms with Crippen LogP contribution < -0.4 is 0 Å². The van der Waals surface area contributed by atoms with Crippen molar-refractivity contribution in [2.24, 2.45) is 5.92 Å². The first kappa shape index (κ1) is 17.3. The quantitative estimate of drug-likeness (QED) is 0.717. The van der Waals surface area contributed by atoms with Crippen molar-refractivity contribution >= 4 is 11.9 Å². The molecule has 1 aromatic rings. The highest BCUT2D eigenvalue weighted by molar-refractivity contribution is 5.80. The second kappa shape index (κ2) is 7.50. The monoisotopic (exact) mass is 330 g/mol. The highest BCUT2D eigenvalue weighted by Gasteiger charge is 2.42. The van der Waals surface area contributed by atoms with Gasteiger partial charge >= 0.3 is 11.9 Å². The molecule has 0 unspecified atom stereocenters. The molecule has 0 bridgehead atoms. The molecule has 2 rings (SSSR count). The summed E-state index contributed by atoms with van der Waals surface area (Å²) in [5, 5.41) is 27.6. The van der Waals surface area contributed by atoms with Crippen molar-refractivity contribution in [2.75, 3.05) is 0 Å². The standard InChI is InChI=1S/C18H18O6/c1-2-14-13(5-3-4-6-15(20)21)16(18(22)23)17(24-14)11-7-9-12(19)10-8-11/h2,4-10,16-17,19H,3H2,1H3,(H,20,21)(H,22,23)/b6-4+,13-5+,14-2+/t16-,17+/m1/s1. The van der Waals surface area contributed by atoms with Gasteiger partial charge in [-0.15, -0.1) is 0 Å². The van der Waals surface area contributed by atoms with Gasteiger partial charge in [0.05, 0.1) is 0 Å². The number of benzene rings is 1. The van der Waals surface area contributed by atoms with E-state index >= 15 is 0 Å². The van der Waals surface area contributed by atoms with Gasteiger partial charge in [-0.2, -0.15) is 0 Å². The first-order chi connectivity index (χ1) is 11.4. The van der Waals surface area contributed by atoms with Crippen LogP contribution in [0, 0.1) is 5.92 Å². The first-order valence-corrected chi connectivity index (χ1v) is 7.38. The van der Waals surface area contributed by atoms with Crippen molar-refractivity contribution in [3.63, 3.8) is 0 Å². The Labute approximate surface area is 139 Å². The van der Waals surface area contributed by atoms with Gasteiger partial charge in [-0.25, -0.2) is 4.79 Å². The third kappa shape index (κ3) is 3.84. The molecular weight excluding hydrogens is 312 g/mol. The van der Waals surface area contributed by atoms with Gasteiger partial charge < -0.3 is 20.1 Å². The summed E-state index contributed by atoms with van der Waals surface area (Å²) in [5.41, 5.74) is 1.15. The molecule has 0 saturated carbocycles. The first-order valence-electron chi connectivity index (χ1n) is 7.38. The van der Waals surface area contributed by atoms with E-state index in [1.807, 2.05) is 0 Å². The molecule has 6 nitrogen and oxygen atoms in total. The van der Waals surface area contributed by atoms with Crippen molar-refractivity contribution in [1.29, 1.82) is 0 Å². The fourth-order valence-corrected chi connectivity index (χ4v) is 2.60. The number of phenols is 1. The zero-order valence-electron chi connectivity index (χ0n) is 13.0. The minimum Gasteiger partial charge on any atom is -0.508 e. The number of aliphatic carboxylic acids is 2. The Morgan fingerprint density at radius 1 is 1.21 bits per heavy atom. The van der Waals surface area contributed by atoms with E-state index in [2.05, 4.69) is 0 Å². The van der Waals surface area contributed by atoms with Crippen molar-refractivity contribution < 1.29 is 29.6 Å². The molecule has 3 N–H and O–H groups in total. The lowest BCUT2D eigenvalue weighted by Gasteiger charge is -2.15. The number of hydrogen-bond donors (Lipinski definition) is 3. The Balaban J connectivity index is 2.35. The summed E-state index contributed by atoms with van der Waals surface area (Å²) in [4.78, 5) is 22.3. The van der Waals surface area contributed by atoms with E-state index in [4.69, 9.17) is 9.84 Å². The van der Waals surface area contributed by atoms with E-state index in [1.54, 1.807) is 31.2 Å². The van der Waals surface area contributed by atoms with Gasteiger partial charge in [0.1, 0.15) is 23.5 Å². The van der Waals surface area contributed by atoms with E-state index in [1.165, 1.54) is 18.2 Å². The second-order valence-corrected chi connectivity index (χ2v) is 5.23. The van der Waals surface area contributed by atoms with Crippen LogP contribution in [-0.2, 0) is 14.3 Å². The van der Waals surface area contributed by atoms with E-state index < -0.39 is 24.0 Å². The summed E-state index contributed by atoms with van der Waals surface area (Å²) in [6, 6.07) is 6.20. The number of allylic oxidation sites excluding steroid dienone is 4. The summed E-state index contributed by atoms with van der Waals surface area (Å²) >= 11 is 0. The lowest BCUT2D eigenvalue weighted by molar-refractivity contribution is -0.142. The molecule has 0 aromatic heterocycles. The predicted octanol–water partition coefficient (Wildman–Crippen LogP) is 3.03. The topological polar surface area (TPSA) is 104 Å². The molecule has 1 aromatic carbocycles. The fourth-order valence-electron chi connectivity index (χ4n) is 2.60. The molecule has 1 aliphatic heterocycles. The van der Waals surface area contributed by atoms with Crippen LogP contribution in [0.1, 0.15) is 25.0 Å². The molecule has 0 aliphatic carbocycles. The summed E-state index contributed by atoms with van der Waals surface area (Å²) in [6.07, 6.45) is 5.38. The van der Waals surface area contributed by atoms with Crippen LogP contribution in [0.2, 0.25) is 0 Å². The van der Waals surface area contributed by atoms with Crippen LogP contribution in [0.3, 0.4) is 0 Å². The van der Waals surface area contributed by atoms with Crippen molar-refractivity contribution in [3.05, 3.63) is 65.5 Å². The molecule has 1 saturated heterocycles. The molecule has 24 heavy (non-hydrogen) atoms. The summed E-state index contributed by atoms with van der Waals surface area (Å²) in [5.74, 6) is -2.44. The largest absolute Gasteiger partial charge is 0.508 e. The van der Waals surface area contributed by atoms with Gasteiger partial charge in [-0.1, -0.05) is 24.3 Å².